The van der Waals surface area contributed by atoms with Crippen LogP contribution < -0.4 is 0 Å². The first-order valence-electron chi connectivity index (χ1n) is 2.70. The number of nitrogens with zero attached hydrogens (tertiary/aromatic N) is 2. The Morgan fingerprint density at radius 3 is 2.60 bits per heavy atom. The van der Waals surface area contributed by atoms with Gasteiger partial charge in [0.15, 0.2) is 0 Å². The molecular weight excluding hydrogens is 152 g/mol. The topological polar surface area (TPSA) is 42.9 Å². The van der Waals surface area contributed by atoms with Crippen LogP contribution in [0.1, 0.15) is 16.2 Å². The van der Waals surface area contributed by atoms with Crippen LogP contribution in [0.3, 0.4) is 0 Å². The van der Waals surface area contributed by atoms with Crippen LogP contribution in [0, 0.1) is 6.92 Å². The molecule has 1 aromatic heterocycles. The molecule has 0 N–H and O–H groups in total. The molecule has 0 aliphatic heterocycles. The summed E-state index contributed by atoms with van der Waals surface area (Å²) in [6.07, 6.45) is 0. The average molecular weight is 157 g/mol. The van der Waals surface area contributed by atoms with Gasteiger partial charge in [-0.25, -0.2) is 0 Å². The highest BCUT2D eigenvalue weighted by atomic mass is 35.5. The molecule has 0 amide bonds. The normalized spacial score (nSPS) is 9.40. The fraction of sp³-hybridized carbons (Fsp3) is 0.167. The van der Waals surface area contributed by atoms with Gasteiger partial charge in [-0.05, 0) is 30.7 Å². The van der Waals surface area contributed by atoms with Gasteiger partial charge < -0.3 is 0 Å². The zero-order chi connectivity index (χ0) is 7.56. The van der Waals surface area contributed by atoms with Crippen molar-refractivity contribution in [3.8, 4) is 0 Å². The van der Waals surface area contributed by atoms with Gasteiger partial charge in [-0.1, -0.05) is 0 Å². The second kappa shape index (κ2) is 2.75. The SMILES string of the molecule is Cc1ccc(C(=O)Cl)nn1. The molecule has 0 bridgehead atoms. The molecular formula is C6H5ClN2O. The standard InChI is InChI=1S/C6H5ClN2O/c1-4-2-3-5(6(7)10)9-8-4/h2-3H,1H3. The Morgan fingerprint density at radius 2 is 2.20 bits per heavy atom. The van der Waals surface area contributed by atoms with E-state index in [0.29, 0.717) is 0 Å². The lowest BCUT2D eigenvalue weighted by Gasteiger charge is -1.90. The van der Waals surface area contributed by atoms with Crippen molar-refractivity contribution in [2.45, 2.75) is 6.92 Å². The maximum Gasteiger partial charge on any atom is 0.272 e. The van der Waals surface area contributed by atoms with Gasteiger partial charge in [-0.15, -0.1) is 5.10 Å². The Balaban J connectivity index is 3.00. The summed E-state index contributed by atoms with van der Waals surface area (Å²) >= 11 is 5.11. The van der Waals surface area contributed by atoms with Crippen molar-refractivity contribution in [3.05, 3.63) is 23.5 Å². The number of aromatic nitrogens is 2. The number of rotatable bonds is 1. The monoisotopic (exact) mass is 156 g/mol. The third-order valence-electron chi connectivity index (χ3n) is 0.999. The molecule has 0 radical (unpaired) electrons. The smallest absolute Gasteiger partial charge is 0.272 e. The Morgan fingerprint density at radius 1 is 1.50 bits per heavy atom. The van der Waals surface area contributed by atoms with Crippen LogP contribution in [0.4, 0.5) is 0 Å². The van der Waals surface area contributed by atoms with Crippen LogP contribution in [-0.4, -0.2) is 15.4 Å². The third kappa shape index (κ3) is 1.51. The van der Waals surface area contributed by atoms with E-state index in [0.717, 1.165) is 5.69 Å². The van der Waals surface area contributed by atoms with Crippen LogP contribution in [0.2, 0.25) is 0 Å². The summed E-state index contributed by atoms with van der Waals surface area (Å²) in [5.74, 6) is 0. The number of aryl methyl sites for hydroxylation is 1. The summed E-state index contributed by atoms with van der Waals surface area (Å²) in [6.45, 7) is 1.79. The fourth-order valence-electron chi connectivity index (χ4n) is 0.504. The van der Waals surface area contributed by atoms with Crippen molar-refractivity contribution in [2.75, 3.05) is 0 Å². The van der Waals surface area contributed by atoms with Gasteiger partial charge in [0, 0.05) is 0 Å². The van der Waals surface area contributed by atoms with E-state index in [9.17, 15) is 4.79 Å². The zero-order valence-electron chi connectivity index (χ0n) is 5.34. The van der Waals surface area contributed by atoms with Crippen LogP contribution in [0.15, 0.2) is 12.1 Å². The lowest BCUT2D eigenvalue weighted by atomic mass is 10.4. The van der Waals surface area contributed by atoms with E-state index in [2.05, 4.69) is 10.2 Å². The van der Waals surface area contributed by atoms with Crippen molar-refractivity contribution in [2.24, 2.45) is 0 Å². The van der Waals surface area contributed by atoms with E-state index in [1.54, 1.807) is 13.0 Å². The Kier molecular flexibility index (Phi) is 1.97. The van der Waals surface area contributed by atoms with Crippen molar-refractivity contribution in [3.63, 3.8) is 0 Å². The number of carbonyl (C=O) groups excluding carboxylic acids is 1. The summed E-state index contributed by atoms with van der Waals surface area (Å²) in [4.78, 5) is 10.4. The summed E-state index contributed by atoms with van der Waals surface area (Å²) < 4.78 is 0. The molecule has 0 spiro atoms. The maximum absolute atomic E-state index is 10.4. The average Bonchev–Trinajstić information content (AvgIpc) is 1.88. The highest BCUT2D eigenvalue weighted by Crippen LogP contribution is 1.98. The molecule has 1 rings (SSSR count). The molecule has 0 unspecified atom stereocenters. The highest BCUT2D eigenvalue weighted by Gasteiger charge is 2.01. The van der Waals surface area contributed by atoms with Gasteiger partial charge in [-0.3, -0.25) is 4.79 Å². The number of hydrogen-bond donors (Lipinski definition) is 0. The first-order valence-corrected chi connectivity index (χ1v) is 3.08. The predicted octanol–water partition coefficient (Wildman–Crippen LogP) is 1.16. The van der Waals surface area contributed by atoms with Crippen LogP contribution in [-0.2, 0) is 0 Å². The minimum atomic E-state index is -0.576. The Labute approximate surface area is 63.0 Å². The predicted molar refractivity (Wildman–Crippen MR) is 37.0 cm³/mol. The van der Waals surface area contributed by atoms with E-state index in [1.165, 1.54) is 6.07 Å². The molecule has 0 saturated carbocycles. The zero-order valence-corrected chi connectivity index (χ0v) is 6.09. The van der Waals surface area contributed by atoms with Gasteiger partial charge in [0.05, 0.1) is 5.69 Å². The second-order valence-corrected chi connectivity index (χ2v) is 2.18. The summed E-state index contributed by atoms with van der Waals surface area (Å²) in [7, 11) is 0. The van der Waals surface area contributed by atoms with E-state index < -0.39 is 5.24 Å². The highest BCUT2D eigenvalue weighted by molar-refractivity contribution is 6.67. The maximum atomic E-state index is 10.4. The molecule has 0 aromatic carbocycles. The molecule has 0 atom stereocenters. The largest absolute Gasteiger partial charge is 0.274 e. The molecule has 0 aliphatic rings. The lowest BCUT2D eigenvalue weighted by Crippen LogP contribution is -1.96. The quantitative estimate of drug-likeness (QED) is 0.573. The molecule has 1 heterocycles. The minimum Gasteiger partial charge on any atom is -0.274 e. The van der Waals surface area contributed by atoms with Gasteiger partial charge in [0.25, 0.3) is 5.24 Å². The molecule has 0 fully saturated rings. The van der Waals surface area contributed by atoms with Gasteiger partial charge in [0.1, 0.15) is 5.69 Å². The van der Waals surface area contributed by atoms with Gasteiger partial charge in [0.2, 0.25) is 0 Å². The van der Waals surface area contributed by atoms with E-state index in [4.69, 9.17) is 11.6 Å². The first kappa shape index (κ1) is 7.15. The minimum absolute atomic E-state index is 0.187. The van der Waals surface area contributed by atoms with Gasteiger partial charge >= 0.3 is 0 Å². The van der Waals surface area contributed by atoms with Crippen molar-refractivity contribution < 1.29 is 4.79 Å². The first-order chi connectivity index (χ1) is 4.70. The second-order valence-electron chi connectivity index (χ2n) is 1.83. The van der Waals surface area contributed by atoms with E-state index in [-0.39, 0.29) is 5.69 Å². The van der Waals surface area contributed by atoms with E-state index in [1.807, 2.05) is 0 Å². The van der Waals surface area contributed by atoms with Crippen molar-refractivity contribution in [1.29, 1.82) is 0 Å². The van der Waals surface area contributed by atoms with Crippen molar-refractivity contribution >= 4 is 16.8 Å². The summed E-state index contributed by atoms with van der Waals surface area (Å²) in [5.41, 5.74) is 0.953. The lowest BCUT2D eigenvalue weighted by molar-refractivity contribution is 0.107. The molecule has 0 aliphatic carbocycles. The molecule has 52 valence electrons. The van der Waals surface area contributed by atoms with Gasteiger partial charge in [-0.2, -0.15) is 5.10 Å². The molecule has 10 heavy (non-hydrogen) atoms. The fourth-order valence-corrected chi connectivity index (χ4v) is 0.605. The third-order valence-corrected chi connectivity index (χ3v) is 1.19. The van der Waals surface area contributed by atoms with Crippen LogP contribution in [0.25, 0.3) is 0 Å². The summed E-state index contributed by atoms with van der Waals surface area (Å²) in [6, 6.07) is 3.22. The molecule has 1 aromatic rings. The van der Waals surface area contributed by atoms with Crippen molar-refractivity contribution in [1.82, 2.24) is 10.2 Å². The number of halogens is 1. The Hall–Kier alpha value is -0.960. The molecule has 4 heteroatoms. The number of carbonyl (C=O) groups is 1. The van der Waals surface area contributed by atoms with E-state index >= 15 is 0 Å². The summed E-state index contributed by atoms with van der Waals surface area (Å²) in [5, 5.41) is 6.62. The number of hydrogen-bond acceptors (Lipinski definition) is 3. The van der Waals surface area contributed by atoms with Crippen LogP contribution >= 0.6 is 11.6 Å². The van der Waals surface area contributed by atoms with Crippen LogP contribution in [0.5, 0.6) is 0 Å². The molecule has 0 saturated heterocycles. The molecule has 3 nitrogen and oxygen atoms in total. The Bertz CT molecular complexity index is 244.